The SMILES string of the molecule is COc1c(F)cccc1CN1CCCC(/C(N)=N/C(=O)Nc2cccc3cnccc23)C1. The van der Waals surface area contributed by atoms with E-state index in [0.717, 1.165) is 35.7 Å². The number of hydrogen-bond donors (Lipinski definition) is 2. The van der Waals surface area contributed by atoms with Crippen LogP contribution in [0.1, 0.15) is 18.4 Å². The Hall–Kier alpha value is -3.52. The zero-order valence-corrected chi connectivity index (χ0v) is 17.9. The highest BCUT2D eigenvalue weighted by Gasteiger charge is 2.24. The predicted molar refractivity (Wildman–Crippen MR) is 123 cm³/mol. The lowest BCUT2D eigenvalue weighted by Crippen LogP contribution is -2.41. The average molecular weight is 436 g/mol. The molecule has 3 aromatic rings. The van der Waals surface area contributed by atoms with Crippen molar-refractivity contribution in [1.82, 2.24) is 9.88 Å². The molecule has 1 aliphatic rings. The summed E-state index contributed by atoms with van der Waals surface area (Å²) in [5.41, 5.74) is 7.67. The van der Waals surface area contributed by atoms with Crippen molar-refractivity contribution in [2.45, 2.75) is 19.4 Å². The Morgan fingerprint density at radius 3 is 3.00 bits per heavy atom. The smallest absolute Gasteiger partial charge is 0.347 e. The number of pyridine rings is 1. The van der Waals surface area contributed by atoms with Gasteiger partial charge in [-0.1, -0.05) is 24.3 Å². The molecule has 2 amide bonds. The van der Waals surface area contributed by atoms with Gasteiger partial charge in [0.25, 0.3) is 0 Å². The number of nitrogens with one attached hydrogen (secondary N) is 1. The van der Waals surface area contributed by atoms with Crippen LogP contribution in [0.25, 0.3) is 10.8 Å². The number of nitrogens with two attached hydrogens (primary N) is 1. The number of piperidine rings is 1. The number of carbonyl (C=O) groups is 1. The van der Waals surface area contributed by atoms with Gasteiger partial charge in [-0.3, -0.25) is 9.88 Å². The van der Waals surface area contributed by atoms with Gasteiger partial charge < -0.3 is 15.8 Å². The maximum Gasteiger partial charge on any atom is 0.347 e. The number of amides is 2. The van der Waals surface area contributed by atoms with Gasteiger partial charge in [-0.15, -0.1) is 0 Å². The Balaban J connectivity index is 1.43. The number of rotatable bonds is 5. The number of hydrogen-bond acceptors (Lipinski definition) is 4. The highest BCUT2D eigenvalue weighted by atomic mass is 19.1. The molecule has 0 saturated carbocycles. The van der Waals surface area contributed by atoms with Crippen molar-refractivity contribution < 1.29 is 13.9 Å². The summed E-state index contributed by atoms with van der Waals surface area (Å²) in [5.74, 6) is 0.146. The van der Waals surface area contributed by atoms with E-state index in [2.05, 4.69) is 20.2 Å². The van der Waals surface area contributed by atoms with Crippen LogP contribution in [0.15, 0.2) is 59.9 Å². The Bertz CT molecular complexity index is 1140. The van der Waals surface area contributed by atoms with Crippen molar-refractivity contribution in [3.63, 3.8) is 0 Å². The maximum atomic E-state index is 14.0. The first-order chi connectivity index (χ1) is 15.5. The van der Waals surface area contributed by atoms with E-state index in [-0.39, 0.29) is 17.5 Å². The first-order valence-electron chi connectivity index (χ1n) is 10.6. The number of aliphatic imine (C=N–C) groups is 1. The molecule has 32 heavy (non-hydrogen) atoms. The molecule has 0 aliphatic carbocycles. The molecule has 2 heterocycles. The summed E-state index contributed by atoms with van der Waals surface area (Å²) in [6.07, 6.45) is 5.18. The number of likely N-dealkylation sites (tertiary alicyclic amines) is 1. The van der Waals surface area contributed by atoms with Gasteiger partial charge in [0.2, 0.25) is 0 Å². The molecule has 166 valence electrons. The van der Waals surface area contributed by atoms with Crippen LogP contribution in [0, 0.1) is 11.7 Å². The van der Waals surface area contributed by atoms with Crippen LogP contribution in [-0.4, -0.2) is 41.9 Å². The number of para-hydroxylation sites is 1. The minimum absolute atomic E-state index is 0.0502. The van der Waals surface area contributed by atoms with Crippen molar-refractivity contribution >= 4 is 28.3 Å². The molecule has 3 N–H and O–H groups in total. The molecule has 1 unspecified atom stereocenters. The van der Waals surface area contributed by atoms with E-state index in [1.165, 1.54) is 13.2 Å². The van der Waals surface area contributed by atoms with Gasteiger partial charge in [0.15, 0.2) is 11.6 Å². The third kappa shape index (κ3) is 4.86. The number of nitrogens with zero attached hydrogens (tertiary/aromatic N) is 3. The van der Waals surface area contributed by atoms with Crippen molar-refractivity contribution in [2.24, 2.45) is 16.6 Å². The van der Waals surface area contributed by atoms with Gasteiger partial charge in [0.05, 0.1) is 12.8 Å². The molecule has 2 aromatic carbocycles. The molecular formula is C24H26FN5O2. The summed E-state index contributed by atoms with van der Waals surface area (Å²) in [6.45, 7) is 2.04. The monoisotopic (exact) mass is 435 g/mol. The minimum atomic E-state index is -0.504. The molecule has 0 spiro atoms. The van der Waals surface area contributed by atoms with Gasteiger partial charge in [-0.05, 0) is 37.6 Å². The number of fused-ring (bicyclic) bond motifs is 1. The number of methoxy groups -OCH3 is 1. The van der Waals surface area contributed by atoms with Gasteiger partial charge in [0.1, 0.15) is 5.84 Å². The van der Waals surface area contributed by atoms with E-state index >= 15 is 0 Å². The summed E-state index contributed by atoms with van der Waals surface area (Å²) in [4.78, 5) is 22.9. The third-order valence-electron chi connectivity index (χ3n) is 5.72. The molecule has 1 atom stereocenters. The zero-order valence-electron chi connectivity index (χ0n) is 17.9. The van der Waals surface area contributed by atoms with Gasteiger partial charge in [-0.25, -0.2) is 9.18 Å². The average Bonchev–Trinajstić information content (AvgIpc) is 2.80. The first kappa shape index (κ1) is 21.7. The number of halogens is 1. The molecule has 7 nitrogen and oxygen atoms in total. The molecule has 0 bridgehead atoms. The summed E-state index contributed by atoms with van der Waals surface area (Å²) in [5, 5.41) is 4.64. The Labute approximate surface area is 186 Å². The van der Waals surface area contributed by atoms with Crippen LogP contribution in [0.2, 0.25) is 0 Å². The largest absolute Gasteiger partial charge is 0.493 e. The minimum Gasteiger partial charge on any atom is -0.493 e. The number of aromatic nitrogens is 1. The van der Waals surface area contributed by atoms with Crippen molar-refractivity contribution in [2.75, 3.05) is 25.5 Å². The highest BCUT2D eigenvalue weighted by molar-refractivity contribution is 6.05. The molecular weight excluding hydrogens is 409 g/mol. The predicted octanol–water partition coefficient (Wildman–Crippen LogP) is 4.18. The zero-order chi connectivity index (χ0) is 22.5. The molecule has 8 heteroatoms. The van der Waals surface area contributed by atoms with Crippen molar-refractivity contribution in [1.29, 1.82) is 0 Å². The normalized spacial score (nSPS) is 17.3. The molecule has 0 radical (unpaired) electrons. The fourth-order valence-corrected chi connectivity index (χ4v) is 4.17. The summed E-state index contributed by atoms with van der Waals surface area (Å²) in [7, 11) is 1.47. The van der Waals surface area contributed by atoms with Crippen LogP contribution >= 0.6 is 0 Å². The van der Waals surface area contributed by atoms with Crippen LogP contribution in [0.5, 0.6) is 5.75 Å². The standard InChI is InChI=1S/C24H26FN5O2/c1-32-22-17(6-2-8-20(22)25)14-30-12-4-7-18(15-30)23(26)29-24(31)28-21-9-3-5-16-13-27-11-10-19(16)21/h2-3,5-6,8-11,13,18H,4,7,12,14-15H2,1H3,(H3,26,28,29,31). The lowest BCUT2D eigenvalue weighted by atomic mass is 9.96. The van der Waals surface area contributed by atoms with Crippen molar-refractivity contribution in [3.05, 3.63) is 66.2 Å². The van der Waals surface area contributed by atoms with Crippen LogP contribution in [0.4, 0.5) is 14.9 Å². The van der Waals surface area contributed by atoms with Crippen LogP contribution in [-0.2, 0) is 6.54 Å². The number of amidine groups is 1. The van der Waals surface area contributed by atoms with Crippen LogP contribution in [0.3, 0.4) is 0 Å². The quantitative estimate of drug-likeness (QED) is 0.463. The van der Waals surface area contributed by atoms with Gasteiger partial charge >= 0.3 is 6.03 Å². The number of benzene rings is 2. The van der Waals surface area contributed by atoms with E-state index in [1.54, 1.807) is 18.5 Å². The van der Waals surface area contributed by atoms with E-state index in [1.807, 2.05) is 30.3 Å². The molecule has 1 aliphatic heterocycles. The van der Waals surface area contributed by atoms with Crippen LogP contribution < -0.4 is 15.8 Å². The second-order valence-corrected chi connectivity index (χ2v) is 7.88. The Morgan fingerprint density at radius 2 is 2.16 bits per heavy atom. The Kier molecular flexibility index (Phi) is 6.61. The lowest BCUT2D eigenvalue weighted by molar-refractivity contribution is 0.193. The van der Waals surface area contributed by atoms with E-state index in [4.69, 9.17) is 10.5 Å². The van der Waals surface area contributed by atoms with Crippen molar-refractivity contribution in [3.8, 4) is 5.75 Å². The number of carbonyl (C=O) groups excluding carboxylic acids is 1. The first-order valence-corrected chi connectivity index (χ1v) is 10.6. The number of ether oxygens (including phenoxy) is 1. The number of urea groups is 1. The second kappa shape index (κ2) is 9.74. The molecule has 1 fully saturated rings. The summed E-state index contributed by atoms with van der Waals surface area (Å²) < 4.78 is 19.2. The summed E-state index contributed by atoms with van der Waals surface area (Å²) in [6, 6.07) is 11.9. The van der Waals surface area contributed by atoms with Gasteiger partial charge in [-0.2, -0.15) is 4.99 Å². The molecule has 1 aromatic heterocycles. The highest BCUT2D eigenvalue weighted by Crippen LogP contribution is 2.26. The Morgan fingerprint density at radius 1 is 1.31 bits per heavy atom. The fraction of sp³-hybridized carbons (Fsp3) is 0.292. The number of anilines is 1. The fourth-order valence-electron chi connectivity index (χ4n) is 4.17. The van der Waals surface area contributed by atoms with E-state index < -0.39 is 6.03 Å². The van der Waals surface area contributed by atoms with E-state index in [9.17, 15) is 9.18 Å². The van der Waals surface area contributed by atoms with Gasteiger partial charge in [0, 0.05) is 47.7 Å². The summed E-state index contributed by atoms with van der Waals surface area (Å²) >= 11 is 0. The maximum absolute atomic E-state index is 14.0. The lowest BCUT2D eigenvalue weighted by Gasteiger charge is -2.32. The molecule has 4 rings (SSSR count). The molecule has 1 saturated heterocycles. The topological polar surface area (TPSA) is 92.8 Å². The second-order valence-electron chi connectivity index (χ2n) is 7.88. The van der Waals surface area contributed by atoms with E-state index in [0.29, 0.717) is 24.6 Å². The third-order valence-corrected chi connectivity index (χ3v) is 5.72.